The van der Waals surface area contributed by atoms with Gasteiger partial charge in [-0.3, -0.25) is 4.79 Å². The van der Waals surface area contributed by atoms with Crippen LogP contribution in [0.15, 0.2) is 36.4 Å². The third-order valence-electron chi connectivity index (χ3n) is 3.96. The molecule has 0 amide bonds. The molecule has 0 heterocycles. The molecule has 2 aromatic rings. The van der Waals surface area contributed by atoms with E-state index < -0.39 is 9.04 Å². The fourth-order valence-corrected chi connectivity index (χ4v) is 3.60. The predicted octanol–water partition coefficient (Wildman–Crippen LogP) is 4.83. The molecule has 22 heavy (non-hydrogen) atoms. The molecule has 0 saturated carbocycles. The first kappa shape index (κ1) is 15.0. The van der Waals surface area contributed by atoms with Crippen LogP contribution in [0, 0.1) is 0 Å². The standard InChI is InChI=1S/C19H21O2Si/c1-19(2,3)15-11-10-13-12-8-6-7-9-14(12)17(20)16(13)18(15)21-22(4)5/h6-11H,1-5H3. The van der Waals surface area contributed by atoms with E-state index in [9.17, 15) is 4.79 Å². The minimum absolute atomic E-state index is 0.0588. The molecule has 0 spiro atoms. The lowest BCUT2D eigenvalue weighted by molar-refractivity contribution is 0.104. The van der Waals surface area contributed by atoms with Crippen LogP contribution in [0.2, 0.25) is 13.1 Å². The highest BCUT2D eigenvalue weighted by atomic mass is 28.3. The first-order valence-corrected chi connectivity index (χ1v) is 10.0. The molecule has 113 valence electrons. The Morgan fingerprint density at radius 1 is 0.909 bits per heavy atom. The van der Waals surface area contributed by atoms with E-state index in [2.05, 4.69) is 46.0 Å². The van der Waals surface area contributed by atoms with Gasteiger partial charge in [-0.1, -0.05) is 57.2 Å². The van der Waals surface area contributed by atoms with Gasteiger partial charge in [0.25, 0.3) is 9.04 Å². The second-order valence-corrected chi connectivity index (χ2v) is 9.02. The number of benzene rings is 2. The molecule has 2 nitrogen and oxygen atoms in total. The Balaban J connectivity index is 2.30. The van der Waals surface area contributed by atoms with Crippen LogP contribution in [-0.4, -0.2) is 14.8 Å². The van der Waals surface area contributed by atoms with Gasteiger partial charge >= 0.3 is 0 Å². The van der Waals surface area contributed by atoms with Crippen molar-refractivity contribution in [3.63, 3.8) is 0 Å². The summed E-state index contributed by atoms with van der Waals surface area (Å²) in [4.78, 5) is 12.9. The maximum Gasteiger partial charge on any atom is 0.274 e. The topological polar surface area (TPSA) is 26.3 Å². The second-order valence-electron chi connectivity index (χ2n) is 7.00. The SMILES string of the molecule is C[Si](C)Oc1c(C(C)(C)C)ccc2c1C(=O)c1ccccc1-2. The molecular formula is C19H21O2Si. The highest BCUT2D eigenvalue weighted by Crippen LogP contribution is 2.45. The molecule has 1 radical (unpaired) electrons. The highest BCUT2D eigenvalue weighted by Gasteiger charge is 2.33. The summed E-state index contributed by atoms with van der Waals surface area (Å²) < 4.78 is 6.20. The summed E-state index contributed by atoms with van der Waals surface area (Å²) in [5.41, 5.74) is 4.62. The van der Waals surface area contributed by atoms with Crippen LogP contribution < -0.4 is 4.43 Å². The van der Waals surface area contributed by atoms with Crippen molar-refractivity contribution >= 4 is 14.8 Å². The fourth-order valence-electron chi connectivity index (χ4n) is 2.98. The molecule has 0 unspecified atom stereocenters. The van der Waals surface area contributed by atoms with Gasteiger partial charge in [-0.25, -0.2) is 0 Å². The van der Waals surface area contributed by atoms with Crippen LogP contribution in [0.5, 0.6) is 5.75 Å². The molecule has 0 atom stereocenters. The molecule has 1 aliphatic rings. The quantitative estimate of drug-likeness (QED) is 0.634. The van der Waals surface area contributed by atoms with Crippen molar-refractivity contribution in [3.05, 3.63) is 53.1 Å². The Kier molecular flexibility index (Phi) is 3.48. The number of rotatable bonds is 2. The van der Waals surface area contributed by atoms with Crippen LogP contribution in [0.25, 0.3) is 11.1 Å². The van der Waals surface area contributed by atoms with Gasteiger partial charge in [0.1, 0.15) is 5.75 Å². The van der Waals surface area contributed by atoms with Crippen molar-refractivity contribution in [2.45, 2.75) is 39.3 Å². The van der Waals surface area contributed by atoms with Gasteiger partial charge in [0.2, 0.25) is 0 Å². The summed E-state index contributed by atoms with van der Waals surface area (Å²) in [6.07, 6.45) is 0. The molecule has 0 bridgehead atoms. The monoisotopic (exact) mass is 309 g/mol. The van der Waals surface area contributed by atoms with Gasteiger partial charge < -0.3 is 4.43 Å². The fraction of sp³-hybridized carbons (Fsp3) is 0.316. The molecule has 0 aromatic heterocycles. The Morgan fingerprint density at radius 3 is 2.14 bits per heavy atom. The molecular weight excluding hydrogens is 288 g/mol. The normalized spacial score (nSPS) is 13.3. The molecule has 0 saturated heterocycles. The van der Waals surface area contributed by atoms with Crippen molar-refractivity contribution in [3.8, 4) is 16.9 Å². The lowest BCUT2D eigenvalue weighted by Gasteiger charge is -2.26. The van der Waals surface area contributed by atoms with Gasteiger partial charge in [-0.2, -0.15) is 0 Å². The second kappa shape index (κ2) is 5.09. The van der Waals surface area contributed by atoms with E-state index in [0.29, 0.717) is 0 Å². The lowest BCUT2D eigenvalue weighted by Crippen LogP contribution is -2.20. The first-order valence-electron chi connectivity index (χ1n) is 7.60. The van der Waals surface area contributed by atoms with Crippen LogP contribution in [0.4, 0.5) is 0 Å². The van der Waals surface area contributed by atoms with E-state index in [0.717, 1.165) is 33.6 Å². The van der Waals surface area contributed by atoms with Gasteiger partial charge in [0.05, 0.1) is 5.56 Å². The predicted molar refractivity (Wildman–Crippen MR) is 92.1 cm³/mol. The minimum atomic E-state index is -0.951. The van der Waals surface area contributed by atoms with Crippen LogP contribution in [0.1, 0.15) is 42.3 Å². The zero-order valence-corrected chi connectivity index (χ0v) is 14.8. The average molecular weight is 309 g/mol. The van der Waals surface area contributed by atoms with E-state index in [1.165, 1.54) is 0 Å². The van der Waals surface area contributed by atoms with E-state index >= 15 is 0 Å². The number of hydrogen-bond acceptors (Lipinski definition) is 2. The highest BCUT2D eigenvalue weighted by molar-refractivity contribution is 6.49. The van der Waals surface area contributed by atoms with E-state index in [1.54, 1.807) is 0 Å². The number of carbonyl (C=O) groups is 1. The van der Waals surface area contributed by atoms with Crippen LogP contribution in [-0.2, 0) is 5.41 Å². The van der Waals surface area contributed by atoms with Crippen molar-refractivity contribution in [2.75, 3.05) is 0 Å². The Morgan fingerprint density at radius 2 is 1.55 bits per heavy atom. The van der Waals surface area contributed by atoms with E-state index in [1.807, 2.05) is 24.3 Å². The van der Waals surface area contributed by atoms with Crippen LogP contribution >= 0.6 is 0 Å². The summed E-state index contributed by atoms with van der Waals surface area (Å²) in [7, 11) is -0.951. The molecule has 0 aliphatic heterocycles. The number of hydrogen-bond donors (Lipinski definition) is 0. The van der Waals surface area contributed by atoms with Crippen molar-refractivity contribution in [1.82, 2.24) is 0 Å². The largest absolute Gasteiger partial charge is 0.542 e. The lowest BCUT2D eigenvalue weighted by atomic mass is 9.84. The molecule has 0 N–H and O–H groups in total. The number of ketones is 1. The average Bonchev–Trinajstić information content (AvgIpc) is 2.72. The Labute approximate surface area is 133 Å². The summed E-state index contributed by atoms with van der Waals surface area (Å²) in [6, 6.07) is 12.0. The Bertz CT molecular complexity index is 755. The summed E-state index contributed by atoms with van der Waals surface area (Å²) in [6.45, 7) is 10.7. The summed E-state index contributed by atoms with van der Waals surface area (Å²) in [5, 5.41) is 0. The van der Waals surface area contributed by atoms with Crippen LogP contribution in [0.3, 0.4) is 0 Å². The molecule has 3 heteroatoms. The molecule has 2 aromatic carbocycles. The number of carbonyl (C=O) groups excluding carboxylic acids is 1. The third kappa shape index (κ3) is 2.30. The first-order chi connectivity index (χ1) is 10.3. The smallest absolute Gasteiger partial charge is 0.274 e. The summed E-state index contributed by atoms with van der Waals surface area (Å²) >= 11 is 0. The van der Waals surface area contributed by atoms with Gasteiger partial charge in [-0.15, -0.1) is 0 Å². The van der Waals surface area contributed by atoms with E-state index in [-0.39, 0.29) is 11.2 Å². The maximum atomic E-state index is 12.9. The van der Waals surface area contributed by atoms with Gasteiger partial charge in [-0.05, 0) is 35.2 Å². The van der Waals surface area contributed by atoms with E-state index in [4.69, 9.17) is 4.43 Å². The van der Waals surface area contributed by atoms with Crippen molar-refractivity contribution in [2.24, 2.45) is 0 Å². The zero-order valence-electron chi connectivity index (χ0n) is 13.8. The van der Waals surface area contributed by atoms with Crippen molar-refractivity contribution in [1.29, 1.82) is 0 Å². The maximum absolute atomic E-state index is 12.9. The third-order valence-corrected chi connectivity index (χ3v) is 4.57. The molecule has 3 rings (SSSR count). The van der Waals surface area contributed by atoms with Gasteiger partial charge in [0, 0.05) is 5.56 Å². The minimum Gasteiger partial charge on any atom is -0.542 e. The number of fused-ring (bicyclic) bond motifs is 3. The van der Waals surface area contributed by atoms with Gasteiger partial charge in [0.15, 0.2) is 5.78 Å². The Hall–Kier alpha value is -1.87. The zero-order chi connectivity index (χ0) is 16.1. The summed E-state index contributed by atoms with van der Waals surface area (Å²) in [5.74, 6) is 0.889. The van der Waals surface area contributed by atoms with Crippen molar-refractivity contribution < 1.29 is 9.22 Å². The molecule has 1 aliphatic carbocycles. The molecule has 0 fully saturated rings.